The van der Waals surface area contributed by atoms with Gasteiger partial charge >= 0.3 is 5.76 Å². The molecule has 0 radical (unpaired) electrons. The first-order valence-electron chi connectivity index (χ1n) is 5.17. The van der Waals surface area contributed by atoms with E-state index in [1.807, 2.05) is 6.92 Å². The molecule has 0 aromatic heterocycles. The highest BCUT2D eigenvalue weighted by molar-refractivity contribution is 7.91. The zero-order chi connectivity index (χ0) is 13.1. The van der Waals surface area contributed by atoms with E-state index in [2.05, 4.69) is 0 Å². The summed E-state index contributed by atoms with van der Waals surface area (Å²) in [6, 6.07) is 5.15. The first-order chi connectivity index (χ1) is 7.87. The normalized spacial score (nSPS) is 13.9. The zero-order valence-corrected chi connectivity index (χ0v) is 10.1. The van der Waals surface area contributed by atoms with Crippen LogP contribution in [0.1, 0.15) is 18.9 Å². The van der Waals surface area contributed by atoms with Crippen molar-refractivity contribution in [1.29, 1.82) is 0 Å². The van der Waals surface area contributed by atoms with Gasteiger partial charge in [0.05, 0.1) is 11.0 Å². The number of benzene rings is 1. The van der Waals surface area contributed by atoms with Crippen molar-refractivity contribution in [1.82, 2.24) is 0 Å². The Labute approximate surface area is 99.0 Å². The minimum atomic E-state index is -4.52. The fourth-order valence-corrected chi connectivity index (χ4v) is 2.06. The first-order valence-corrected chi connectivity index (χ1v) is 6.71. The van der Waals surface area contributed by atoms with Crippen molar-refractivity contribution >= 4 is 9.84 Å². The second-order valence-electron chi connectivity index (χ2n) is 3.72. The molecule has 17 heavy (non-hydrogen) atoms. The van der Waals surface area contributed by atoms with Gasteiger partial charge in [0.1, 0.15) is 0 Å². The van der Waals surface area contributed by atoms with Gasteiger partial charge in [-0.25, -0.2) is 8.42 Å². The van der Waals surface area contributed by atoms with Gasteiger partial charge in [0.15, 0.2) is 0 Å². The molecule has 0 fully saturated rings. The van der Waals surface area contributed by atoms with Crippen molar-refractivity contribution in [3.63, 3.8) is 0 Å². The van der Waals surface area contributed by atoms with E-state index in [9.17, 15) is 22.3 Å². The Bertz CT molecular complexity index is 454. The number of aliphatic hydroxyl groups is 1. The fraction of sp³-hybridized carbons (Fsp3) is 0.455. The van der Waals surface area contributed by atoms with Gasteiger partial charge in [-0.1, -0.05) is 19.1 Å². The average Bonchev–Trinajstić information content (AvgIpc) is 2.29. The molecule has 6 heteroatoms. The highest BCUT2D eigenvalue weighted by Gasteiger charge is 2.26. The predicted molar refractivity (Wildman–Crippen MR) is 59.6 cm³/mol. The average molecular weight is 264 g/mol. The molecule has 0 heterocycles. The van der Waals surface area contributed by atoms with E-state index < -0.39 is 26.6 Å². The molecule has 0 aliphatic heterocycles. The van der Waals surface area contributed by atoms with Gasteiger partial charge in [0, 0.05) is 0 Å². The molecular weight excluding hydrogens is 250 g/mol. The Balaban J connectivity index is 2.89. The molecule has 1 atom stereocenters. The summed E-state index contributed by atoms with van der Waals surface area (Å²) in [5.41, 5.74) is 0.715. The predicted octanol–water partition coefficient (Wildman–Crippen LogP) is 2.00. The lowest BCUT2D eigenvalue weighted by atomic mass is 10.1. The van der Waals surface area contributed by atoms with Gasteiger partial charge in [-0.15, -0.1) is 0 Å². The molecule has 0 aliphatic carbocycles. The summed E-state index contributed by atoms with van der Waals surface area (Å²) in [5.74, 6) is -3.41. The smallest absolute Gasteiger partial charge is 0.341 e. The SMILES string of the molecule is CCC(O)Cc1ccc(S(=O)(=O)C(F)F)cc1. The molecule has 0 spiro atoms. The third-order valence-corrected chi connectivity index (χ3v) is 3.83. The van der Waals surface area contributed by atoms with E-state index in [1.165, 1.54) is 12.1 Å². The fourth-order valence-electron chi connectivity index (χ4n) is 1.33. The molecular formula is C11H14F2O3S. The molecule has 0 aliphatic rings. The second kappa shape index (κ2) is 5.55. The topological polar surface area (TPSA) is 54.4 Å². The summed E-state index contributed by atoms with van der Waals surface area (Å²) in [4.78, 5) is -0.401. The summed E-state index contributed by atoms with van der Waals surface area (Å²) < 4.78 is 46.7. The number of hydrogen-bond acceptors (Lipinski definition) is 3. The maximum absolute atomic E-state index is 12.2. The monoisotopic (exact) mass is 264 g/mol. The van der Waals surface area contributed by atoms with E-state index in [0.29, 0.717) is 18.4 Å². The molecule has 0 bridgehead atoms. The lowest BCUT2D eigenvalue weighted by Gasteiger charge is -2.08. The number of aliphatic hydroxyl groups excluding tert-OH is 1. The number of alkyl halides is 2. The van der Waals surface area contributed by atoms with Crippen LogP contribution in [0.15, 0.2) is 29.2 Å². The third kappa shape index (κ3) is 3.47. The van der Waals surface area contributed by atoms with Crippen LogP contribution in [0.3, 0.4) is 0 Å². The minimum Gasteiger partial charge on any atom is -0.393 e. The third-order valence-electron chi connectivity index (χ3n) is 2.43. The Kier molecular flexibility index (Phi) is 4.59. The Morgan fingerprint density at radius 1 is 1.24 bits per heavy atom. The molecule has 1 rings (SSSR count). The Morgan fingerprint density at radius 2 is 1.76 bits per heavy atom. The van der Waals surface area contributed by atoms with Crippen LogP contribution >= 0.6 is 0 Å². The van der Waals surface area contributed by atoms with Crippen molar-refractivity contribution < 1.29 is 22.3 Å². The van der Waals surface area contributed by atoms with E-state index in [-0.39, 0.29) is 0 Å². The highest BCUT2D eigenvalue weighted by Crippen LogP contribution is 2.19. The van der Waals surface area contributed by atoms with Gasteiger partial charge < -0.3 is 5.11 Å². The number of sulfone groups is 1. The van der Waals surface area contributed by atoms with E-state index in [0.717, 1.165) is 12.1 Å². The molecule has 1 unspecified atom stereocenters. The van der Waals surface area contributed by atoms with Gasteiger partial charge in [-0.05, 0) is 30.5 Å². The molecule has 3 nitrogen and oxygen atoms in total. The van der Waals surface area contributed by atoms with E-state index in [1.54, 1.807) is 0 Å². The summed E-state index contributed by atoms with van der Waals surface area (Å²) in [7, 11) is -4.52. The Hall–Kier alpha value is -1.01. The first kappa shape index (κ1) is 14.1. The Morgan fingerprint density at radius 3 is 2.18 bits per heavy atom. The van der Waals surface area contributed by atoms with Crippen molar-refractivity contribution in [2.24, 2.45) is 0 Å². The van der Waals surface area contributed by atoms with Gasteiger partial charge in [0.25, 0.3) is 0 Å². The molecule has 0 saturated carbocycles. The number of hydrogen-bond donors (Lipinski definition) is 1. The van der Waals surface area contributed by atoms with Crippen LogP contribution in [0.2, 0.25) is 0 Å². The van der Waals surface area contributed by atoms with Crippen molar-refractivity contribution in [3.05, 3.63) is 29.8 Å². The van der Waals surface area contributed by atoms with Crippen molar-refractivity contribution in [3.8, 4) is 0 Å². The molecule has 1 N–H and O–H groups in total. The van der Waals surface area contributed by atoms with E-state index in [4.69, 9.17) is 0 Å². The van der Waals surface area contributed by atoms with Crippen LogP contribution in [-0.4, -0.2) is 25.4 Å². The molecule has 1 aromatic rings. The second-order valence-corrected chi connectivity index (χ2v) is 5.63. The maximum Gasteiger partial charge on any atom is 0.341 e. The molecule has 96 valence electrons. The van der Waals surface area contributed by atoms with Gasteiger partial charge in [-0.2, -0.15) is 8.78 Å². The summed E-state index contributed by atoms with van der Waals surface area (Å²) in [6.07, 6.45) is 0.454. The number of halogens is 2. The summed E-state index contributed by atoms with van der Waals surface area (Å²) >= 11 is 0. The van der Waals surface area contributed by atoms with Crippen LogP contribution in [0.4, 0.5) is 8.78 Å². The largest absolute Gasteiger partial charge is 0.393 e. The quantitative estimate of drug-likeness (QED) is 0.885. The zero-order valence-electron chi connectivity index (χ0n) is 9.31. The lowest BCUT2D eigenvalue weighted by molar-refractivity contribution is 0.171. The van der Waals surface area contributed by atoms with Crippen LogP contribution in [-0.2, 0) is 16.3 Å². The van der Waals surface area contributed by atoms with E-state index >= 15 is 0 Å². The highest BCUT2D eigenvalue weighted by atomic mass is 32.2. The van der Waals surface area contributed by atoms with Gasteiger partial charge in [-0.3, -0.25) is 0 Å². The minimum absolute atomic E-state index is 0.380. The van der Waals surface area contributed by atoms with Crippen molar-refractivity contribution in [2.75, 3.05) is 0 Å². The van der Waals surface area contributed by atoms with Crippen LogP contribution in [0.25, 0.3) is 0 Å². The summed E-state index contributed by atoms with van der Waals surface area (Å²) in [5, 5.41) is 9.39. The standard InChI is InChI=1S/C11H14F2O3S/c1-2-9(14)7-8-3-5-10(6-4-8)17(15,16)11(12)13/h3-6,9,11,14H,2,7H2,1H3. The van der Waals surface area contributed by atoms with Crippen molar-refractivity contribution in [2.45, 2.75) is 36.5 Å². The van der Waals surface area contributed by atoms with Crippen LogP contribution in [0.5, 0.6) is 0 Å². The lowest BCUT2D eigenvalue weighted by Crippen LogP contribution is -2.12. The van der Waals surface area contributed by atoms with Crippen LogP contribution in [0, 0.1) is 0 Å². The molecule has 0 saturated heterocycles. The summed E-state index contributed by atoms with van der Waals surface area (Å²) in [6.45, 7) is 1.82. The molecule has 1 aromatic carbocycles. The maximum atomic E-state index is 12.2. The van der Waals surface area contributed by atoms with Crippen LogP contribution < -0.4 is 0 Å². The molecule has 0 amide bonds. The number of rotatable bonds is 5. The van der Waals surface area contributed by atoms with Gasteiger partial charge in [0.2, 0.25) is 9.84 Å².